The molecule has 0 atom stereocenters. The van der Waals surface area contributed by atoms with E-state index >= 15 is 0 Å². The predicted molar refractivity (Wildman–Crippen MR) is 165 cm³/mol. The molecule has 0 unspecified atom stereocenters. The Kier molecular flexibility index (Phi) is 8.36. The van der Waals surface area contributed by atoms with E-state index in [0.29, 0.717) is 22.3 Å². The zero-order chi connectivity index (χ0) is 28.6. The van der Waals surface area contributed by atoms with Crippen LogP contribution in [-0.2, 0) is 0 Å². The van der Waals surface area contributed by atoms with Gasteiger partial charge < -0.3 is 13.9 Å². The molecule has 0 aliphatic rings. The average molecular weight is 541 g/mol. The number of benzene rings is 4. The van der Waals surface area contributed by atoms with Crippen LogP contribution in [0.3, 0.4) is 0 Å². The van der Waals surface area contributed by atoms with Crippen LogP contribution in [0.25, 0.3) is 34.1 Å². The van der Waals surface area contributed by atoms with Gasteiger partial charge in [0, 0.05) is 21.9 Å². The molecule has 0 radical (unpaired) electrons. The molecule has 5 rings (SSSR count). The Hall–Kier alpha value is -5.42. The fourth-order valence-corrected chi connectivity index (χ4v) is 4.33. The maximum absolute atomic E-state index is 12.9. The molecule has 5 heteroatoms. The molecule has 5 nitrogen and oxygen atoms in total. The van der Waals surface area contributed by atoms with Crippen molar-refractivity contribution in [2.45, 2.75) is 0 Å². The van der Waals surface area contributed by atoms with Crippen LogP contribution >= 0.6 is 0 Å². The van der Waals surface area contributed by atoms with E-state index < -0.39 is 0 Å². The molecule has 0 saturated heterocycles. The Morgan fingerprint density at radius 3 is 1.37 bits per heavy atom. The summed E-state index contributed by atoms with van der Waals surface area (Å²) in [6.07, 6.45) is 14.0. The number of carbonyl (C=O) groups is 2. The monoisotopic (exact) mass is 540 g/mol. The van der Waals surface area contributed by atoms with Crippen molar-refractivity contribution in [1.82, 2.24) is 0 Å². The van der Waals surface area contributed by atoms with Crippen molar-refractivity contribution in [2.24, 2.45) is 0 Å². The highest BCUT2D eigenvalue weighted by atomic mass is 16.5. The smallest absolute Gasteiger partial charge is 0.185 e. The minimum atomic E-state index is -0.126. The topological polar surface area (TPSA) is 65.7 Å². The van der Waals surface area contributed by atoms with E-state index in [2.05, 4.69) is 0 Å². The standard InChI is InChI=1S/C36H28O5/c1-39-29-17-11-25(12-18-29)7-3-5-9-33(37)27-15-21-35-31(23-27)32-24-28(16-22-36(32)41-35)34(38)10-6-4-8-26-13-19-30(40-2)20-14-26/h3-24H,1-2H3. The number of ketones is 2. The lowest BCUT2D eigenvalue weighted by Crippen LogP contribution is -1.94. The van der Waals surface area contributed by atoms with Crippen molar-refractivity contribution in [1.29, 1.82) is 0 Å². The van der Waals surface area contributed by atoms with Crippen molar-refractivity contribution in [3.8, 4) is 11.5 Å². The Balaban J connectivity index is 1.30. The second-order valence-electron chi connectivity index (χ2n) is 9.24. The van der Waals surface area contributed by atoms with Gasteiger partial charge in [-0.2, -0.15) is 0 Å². The second kappa shape index (κ2) is 12.6. The maximum atomic E-state index is 12.9. The van der Waals surface area contributed by atoms with Gasteiger partial charge in [0.15, 0.2) is 11.6 Å². The van der Waals surface area contributed by atoms with Gasteiger partial charge in [-0.05, 0) is 83.9 Å². The maximum Gasteiger partial charge on any atom is 0.185 e. The zero-order valence-electron chi connectivity index (χ0n) is 22.7. The normalized spacial score (nSPS) is 12.0. The molecule has 5 aromatic rings. The van der Waals surface area contributed by atoms with Crippen LogP contribution in [0.2, 0.25) is 0 Å². The molecule has 0 aliphatic heterocycles. The number of fused-ring (bicyclic) bond motifs is 3. The van der Waals surface area contributed by atoms with E-state index in [1.54, 1.807) is 50.6 Å². The third-order valence-electron chi connectivity index (χ3n) is 6.56. The first-order chi connectivity index (χ1) is 20.0. The summed E-state index contributed by atoms with van der Waals surface area (Å²) in [5.41, 5.74) is 4.39. The first kappa shape index (κ1) is 27.2. The molecule has 202 valence electrons. The highest BCUT2D eigenvalue weighted by Crippen LogP contribution is 2.30. The van der Waals surface area contributed by atoms with Crippen molar-refractivity contribution < 1.29 is 23.5 Å². The molecule has 4 aromatic carbocycles. The van der Waals surface area contributed by atoms with E-state index in [4.69, 9.17) is 13.9 Å². The second-order valence-corrected chi connectivity index (χ2v) is 9.24. The highest BCUT2D eigenvalue weighted by molar-refractivity contribution is 6.13. The number of allylic oxidation sites excluding steroid dienone is 6. The molecular formula is C36H28O5. The Labute approximate surface area is 238 Å². The first-order valence-electron chi connectivity index (χ1n) is 13.1. The van der Waals surface area contributed by atoms with Crippen molar-refractivity contribution >= 4 is 45.7 Å². The number of methoxy groups -OCH3 is 2. The highest BCUT2D eigenvalue weighted by Gasteiger charge is 2.12. The van der Waals surface area contributed by atoms with Gasteiger partial charge in [0.25, 0.3) is 0 Å². The first-order valence-corrected chi connectivity index (χ1v) is 13.1. The lowest BCUT2D eigenvalue weighted by atomic mass is 10.0. The zero-order valence-corrected chi connectivity index (χ0v) is 22.7. The average Bonchev–Trinajstić information content (AvgIpc) is 3.39. The SMILES string of the molecule is COc1ccc(C=CC=CC(=O)c2ccc3oc4ccc(C(=O)C=CC=Cc5ccc(OC)cc5)cc4c3c2)cc1. The van der Waals surface area contributed by atoms with Crippen LogP contribution in [-0.4, -0.2) is 25.8 Å². The summed E-state index contributed by atoms with van der Waals surface area (Å²) in [6, 6.07) is 26.0. The van der Waals surface area contributed by atoms with Crippen LogP contribution in [0.1, 0.15) is 31.8 Å². The Morgan fingerprint density at radius 1 is 0.561 bits per heavy atom. The number of hydrogen-bond acceptors (Lipinski definition) is 5. The van der Waals surface area contributed by atoms with E-state index in [1.807, 2.05) is 85.0 Å². The molecule has 0 fully saturated rings. The molecule has 0 N–H and O–H groups in total. The van der Waals surface area contributed by atoms with Gasteiger partial charge in [-0.1, -0.05) is 60.7 Å². The van der Waals surface area contributed by atoms with Gasteiger partial charge in [-0.3, -0.25) is 9.59 Å². The van der Waals surface area contributed by atoms with Crippen LogP contribution in [0.5, 0.6) is 11.5 Å². The summed E-state index contributed by atoms with van der Waals surface area (Å²) in [6.45, 7) is 0. The van der Waals surface area contributed by atoms with Crippen LogP contribution in [0.4, 0.5) is 0 Å². The molecule has 41 heavy (non-hydrogen) atoms. The number of ether oxygens (including phenoxy) is 2. The summed E-state index contributed by atoms with van der Waals surface area (Å²) in [5, 5.41) is 1.57. The van der Waals surface area contributed by atoms with Gasteiger partial charge in [-0.15, -0.1) is 0 Å². The molecule has 0 aliphatic carbocycles. The van der Waals surface area contributed by atoms with Gasteiger partial charge in [0.2, 0.25) is 0 Å². The molecule has 0 amide bonds. The largest absolute Gasteiger partial charge is 0.497 e. The molecule has 0 saturated carbocycles. The molecule has 1 heterocycles. The molecule has 0 bridgehead atoms. The summed E-state index contributed by atoms with van der Waals surface area (Å²) in [7, 11) is 3.26. The van der Waals surface area contributed by atoms with Crippen LogP contribution < -0.4 is 9.47 Å². The number of carbonyl (C=O) groups excluding carboxylic acids is 2. The minimum absolute atomic E-state index is 0.126. The van der Waals surface area contributed by atoms with Gasteiger partial charge in [0.05, 0.1) is 14.2 Å². The quantitative estimate of drug-likeness (QED) is 0.101. The minimum Gasteiger partial charge on any atom is -0.497 e. The lowest BCUT2D eigenvalue weighted by Gasteiger charge is -1.99. The fourth-order valence-electron chi connectivity index (χ4n) is 4.33. The Bertz CT molecular complexity index is 1680. The van der Waals surface area contributed by atoms with E-state index in [9.17, 15) is 9.59 Å². The molecular weight excluding hydrogens is 512 g/mol. The molecule has 0 spiro atoms. The lowest BCUT2D eigenvalue weighted by molar-refractivity contribution is 0.103. The van der Waals surface area contributed by atoms with E-state index in [1.165, 1.54) is 12.2 Å². The third-order valence-corrected chi connectivity index (χ3v) is 6.56. The summed E-state index contributed by atoms with van der Waals surface area (Å²) in [4.78, 5) is 25.7. The Morgan fingerprint density at radius 2 is 0.976 bits per heavy atom. The van der Waals surface area contributed by atoms with Crippen LogP contribution in [0, 0.1) is 0 Å². The van der Waals surface area contributed by atoms with E-state index in [0.717, 1.165) is 33.4 Å². The summed E-state index contributed by atoms with van der Waals surface area (Å²) < 4.78 is 16.3. The predicted octanol–water partition coefficient (Wildman–Crippen LogP) is 8.51. The number of rotatable bonds is 10. The van der Waals surface area contributed by atoms with Crippen molar-refractivity contribution in [2.75, 3.05) is 14.2 Å². The van der Waals surface area contributed by atoms with Gasteiger partial charge in [0.1, 0.15) is 22.7 Å². The third kappa shape index (κ3) is 6.60. The van der Waals surface area contributed by atoms with Crippen LogP contribution in [0.15, 0.2) is 126 Å². The summed E-state index contributed by atoms with van der Waals surface area (Å²) >= 11 is 0. The van der Waals surface area contributed by atoms with Gasteiger partial charge >= 0.3 is 0 Å². The van der Waals surface area contributed by atoms with Crippen molar-refractivity contribution in [3.05, 3.63) is 144 Å². The fraction of sp³-hybridized carbons (Fsp3) is 0.0556. The number of hydrogen-bond donors (Lipinski definition) is 0. The van der Waals surface area contributed by atoms with Gasteiger partial charge in [-0.25, -0.2) is 0 Å². The number of furan rings is 1. The summed E-state index contributed by atoms with van der Waals surface area (Å²) in [5.74, 6) is 1.33. The van der Waals surface area contributed by atoms with Crippen molar-refractivity contribution in [3.63, 3.8) is 0 Å². The van der Waals surface area contributed by atoms with E-state index in [-0.39, 0.29) is 11.6 Å². The molecule has 1 aromatic heterocycles.